The Labute approximate surface area is 184 Å². The predicted molar refractivity (Wildman–Crippen MR) is 117 cm³/mol. The highest BCUT2D eigenvalue weighted by Crippen LogP contribution is 2.37. The van der Waals surface area contributed by atoms with Crippen molar-refractivity contribution in [2.45, 2.75) is 12.6 Å². The number of rotatable bonds is 4. The summed E-state index contributed by atoms with van der Waals surface area (Å²) >= 11 is 0. The molecule has 0 unspecified atom stereocenters. The van der Waals surface area contributed by atoms with Gasteiger partial charge in [-0.3, -0.25) is 0 Å². The highest BCUT2D eigenvalue weighted by atomic mass is 19.4. The van der Waals surface area contributed by atoms with Gasteiger partial charge in [-0.25, -0.2) is 9.97 Å². The SMILES string of the molecule is COc1cc2nc(-c3cccc(C(F)(F)F)c3)nc(N3CCCN(C)CC3)c2cc1OC. The van der Waals surface area contributed by atoms with Gasteiger partial charge < -0.3 is 19.3 Å². The Hall–Kier alpha value is -3.07. The monoisotopic (exact) mass is 446 g/mol. The molecule has 0 bridgehead atoms. The number of aromatic nitrogens is 2. The number of ether oxygens (including phenoxy) is 2. The number of likely N-dealkylation sites (N-methyl/N-ethyl adjacent to an activating group) is 1. The summed E-state index contributed by atoms with van der Waals surface area (Å²) in [6.45, 7) is 3.36. The van der Waals surface area contributed by atoms with E-state index in [-0.39, 0.29) is 5.82 Å². The first-order valence-corrected chi connectivity index (χ1v) is 10.3. The number of fused-ring (bicyclic) bond motifs is 1. The number of anilines is 1. The zero-order chi connectivity index (χ0) is 22.9. The maximum Gasteiger partial charge on any atom is 0.416 e. The molecule has 6 nitrogen and oxygen atoms in total. The third-order valence-electron chi connectivity index (χ3n) is 5.65. The van der Waals surface area contributed by atoms with Crippen molar-refractivity contribution < 1.29 is 22.6 Å². The summed E-state index contributed by atoms with van der Waals surface area (Å²) in [7, 11) is 5.16. The van der Waals surface area contributed by atoms with E-state index >= 15 is 0 Å². The minimum atomic E-state index is -4.44. The lowest BCUT2D eigenvalue weighted by molar-refractivity contribution is -0.137. The summed E-state index contributed by atoms with van der Waals surface area (Å²) in [6.07, 6.45) is -3.49. The summed E-state index contributed by atoms with van der Waals surface area (Å²) < 4.78 is 50.7. The molecule has 2 aromatic carbocycles. The van der Waals surface area contributed by atoms with Crippen LogP contribution in [-0.4, -0.2) is 62.3 Å². The Morgan fingerprint density at radius 3 is 2.38 bits per heavy atom. The molecular formula is C23H25F3N4O2. The second-order valence-corrected chi connectivity index (χ2v) is 7.82. The Morgan fingerprint density at radius 2 is 1.66 bits per heavy atom. The van der Waals surface area contributed by atoms with Crippen LogP contribution in [0.5, 0.6) is 11.5 Å². The van der Waals surface area contributed by atoms with E-state index in [9.17, 15) is 13.2 Å². The van der Waals surface area contributed by atoms with Gasteiger partial charge in [0.1, 0.15) is 5.82 Å². The summed E-state index contributed by atoms with van der Waals surface area (Å²) in [4.78, 5) is 13.8. The largest absolute Gasteiger partial charge is 0.493 e. The Morgan fingerprint density at radius 1 is 0.906 bits per heavy atom. The van der Waals surface area contributed by atoms with Crippen molar-refractivity contribution >= 4 is 16.7 Å². The molecule has 0 aliphatic carbocycles. The number of methoxy groups -OCH3 is 2. The summed E-state index contributed by atoms with van der Waals surface area (Å²) in [5.74, 6) is 1.96. The van der Waals surface area contributed by atoms with Crippen LogP contribution >= 0.6 is 0 Å². The molecule has 0 atom stereocenters. The van der Waals surface area contributed by atoms with E-state index < -0.39 is 11.7 Å². The zero-order valence-electron chi connectivity index (χ0n) is 18.2. The molecule has 0 radical (unpaired) electrons. The first-order chi connectivity index (χ1) is 15.3. The van der Waals surface area contributed by atoms with Crippen molar-refractivity contribution in [1.82, 2.24) is 14.9 Å². The molecule has 0 amide bonds. The van der Waals surface area contributed by atoms with Gasteiger partial charge in [-0.05, 0) is 38.2 Å². The lowest BCUT2D eigenvalue weighted by atomic mass is 10.1. The third kappa shape index (κ3) is 4.43. The van der Waals surface area contributed by atoms with Gasteiger partial charge in [-0.15, -0.1) is 0 Å². The van der Waals surface area contributed by atoms with Crippen LogP contribution in [-0.2, 0) is 6.18 Å². The van der Waals surface area contributed by atoms with Crippen LogP contribution in [0.4, 0.5) is 19.0 Å². The van der Waals surface area contributed by atoms with E-state index in [0.717, 1.165) is 50.1 Å². The fourth-order valence-electron chi connectivity index (χ4n) is 3.90. The van der Waals surface area contributed by atoms with E-state index in [1.54, 1.807) is 19.2 Å². The third-order valence-corrected chi connectivity index (χ3v) is 5.65. The smallest absolute Gasteiger partial charge is 0.416 e. The molecule has 170 valence electrons. The highest BCUT2D eigenvalue weighted by molar-refractivity contribution is 5.93. The summed E-state index contributed by atoms with van der Waals surface area (Å²) in [5.41, 5.74) is 0.159. The zero-order valence-corrected chi connectivity index (χ0v) is 18.2. The van der Waals surface area contributed by atoms with E-state index in [2.05, 4.69) is 21.8 Å². The molecule has 3 aromatic rings. The average molecular weight is 446 g/mol. The molecule has 4 rings (SSSR count). The molecule has 1 aliphatic heterocycles. The van der Waals surface area contributed by atoms with E-state index in [1.165, 1.54) is 13.2 Å². The molecule has 0 saturated carbocycles. The number of benzene rings is 2. The second-order valence-electron chi connectivity index (χ2n) is 7.82. The highest BCUT2D eigenvalue weighted by Gasteiger charge is 2.31. The van der Waals surface area contributed by atoms with Crippen molar-refractivity contribution in [3.8, 4) is 22.9 Å². The predicted octanol–water partition coefficient (Wildman–Crippen LogP) is 4.47. The van der Waals surface area contributed by atoms with Crippen molar-refractivity contribution in [2.24, 2.45) is 0 Å². The quantitative estimate of drug-likeness (QED) is 0.589. The number of alkyl halides is 3. The average Bonchev–Trinajstić information content (AvgIpc) is 3.01. The molecule has 1 fully saturated rings. The number of nitrogens with zero attached hydrogens (tertiary/aromatic N) is 4. The first kappa shape index (κ1) is 22.1. The maximum absolute atomic E-state index is 13.3. The molecule has 2 heterocycles. The lowest BCUT2D eigenvalue weighted by Gasteiger charge is -2.24. The van der Waals surface area contributed by atoms with E-state index in [1.807, 2.05) is 6.07 Å². The van der Waals surface area contributed by atoms with Gasteiger partial charge in [0.2, 0.25) is 0 Å². The Balaban J connectivity index is 1.91. The second kappa shape index (κ2) is 8.82. The van der Waals surface area contributed by atoms with E-state index in [4.69, 9.17) is 14.5 Å². The van der Waals surface area contributed by atoms with Crippen molar-refractivity contribution in [2.75, 3.05) is 52.3 Å². The van der Waals surface area contributed by atoms with Gasteiger partial charge in [0.25, 0.3) is 0 Å². The molecule has 1 saturated heterocycles. The van der Waals surface area contributed by atoms with Gasteiger partial charge in [0.05, 0.1) is 25.3 Å². The van der Waals surface area contributed by atoms with Crippen LogP contribution in [0.1, 0.15) is 12.0 Å². The molecule has 32 heavy (non-hydrogen) atoms. The van der Waals surface area contributed by atoms with Gasteiger partial charge in [0, 0.05) is 36.7 Å². The minimum Gasteiger partial charge on any atom is -0.493 e. The topological polar surface area (TPSA) is 50.7 Å². The lowest BCUT2D eigenvalue weighted by Crippen LogP contribution is -2.29. The van der Waals surface area contributed by atoms with Gasteiger partial charge in [-0.1, -0.05) is 12.1 Å². The Kier molecular flexibility index (Phi) is 6.10. The van der Waals surface area contributed by atoms with E-state index in [0.29, 0.717) is 28.4 Å². The number of halogens is 3. The molecule has 1 aliphatic rings. The first-order valence-electron chi connectivity index (χ1n) is 10.3. The van der Waals surface area contributed by atoms with Crippen LogP contribution in [0.25, 0.3) is 22.3 Å². The minimum absolute atomic E-state index is 0.239. The standard InChI is InChI=1S/C23H25F3N4O2/c1-29-8-5-9-30(11-10-29)22-17-13-19(31-2)20(32-3)14-18(17)27-21(28-22)15-6-4-7-16(12-15)23(24,25)26/h4,6-7,12-14H,5,8-11H2,1-3H3. The number of hydrogen-bond donors (Lipinski definition) is 0. The Bertz CT molecular complexity index is 1120. The van der Waals surface area contributed by atoms with Gasteiger partial charge >= 0.3 is 6.18 Å². The molecule has 0 spiro atoms. The molecule has 9 heteroatoms. The molecule has 1 aromatic heterocycles. The molecule has 0 N–H and O–H groups in total. The van der Waals surface area contributed by atoms with Crippen LogP contribution in [0.3, 0.4) is 0 Å². The summed E-state index contributed by atoms with van der Waals surface area (Å²) in [6, 6.07) is 8.67. The van der Waals surface area contributed by atoms with Crippen LogP contribution in [0.2, 0.25) is 0 Å². The fourth-order valence-corrected chi connectivity index (χ4v) is 3.90. The van der Waals surface area contributed by atoms with Crippen LogP contribution in [0, 0.1) is 0 Å². The van der Waals surface area contributed by atoms with Crippen molar-refractivity contribution in [3.05, 3.63) is 42.0 Å². The molecular weight excluding hydrogens is 421 g/mol. The fraction of sp³-hybridized carbons (Fsp3) is 0.391. The normalized spacial score (nSPS) is 15.6. The maximum atomic E-state index is 13.3. The van der Waals surface area contributed by atoms with Crippen LogP contribution < -0.4 is 14.4 Å². The van der Waals surface area contributed by atoms with Crippen molar-refractivity contribution in [1.29, 1.82) is 0 Å². The van der Waals surface area contributed by atoms with Crippen molar-refractivity contribution in [3.63, 3.8) is 0 Å². The number of hydrogen-bond acceptors (Lipinski definition) is 6. The van der Waals surface area contributed by atoms with Crippen LogP contribution in [0.15, 0.2) is 36.4 Å². The van der Waals surface area contributed by atoms with Gasteiger partial charge in [0.15, 0.2) is 17.3 Å². The summed E-state index contributed by atoms with van der Waals surface area (Å²) in [5, 5.41) is 0.767. The van der Waals surface area contributed by atoms with Gasteiger partial charge in [-0.2, -0.15) is 13.2 Å².